The highest BCUT2D eigenvalue weighted by atomic mass is 16.6. The summed E-state index contributed by atoms with van der Waals surface area (Å²) in [5.74, 6) is -0.883. The first-order chi connectivity index (χ1) is 9.06. The molecule has 1 N–H and O–H groups in total. The molecular formula is C12H10N4O3. The van der Waals surface area contributed by atoms with Crippen LogP contribution in [-0.4, -0.2) is 20.8 Å². The van der Waals surface area contributed by atoms with Gasteiger partial charge in [0.05, 0.1) is 11.9 Å². The van der Waals surface area contributed by atoms with Crippen molar-refractivity contribution in [3.63, 3.8) is 0 Å². The van der Waals surface area contributed by atoms with Gasteiger partial charge in [0.2, 0.25) is 5.69 Å². The fourth-order valence-electron chi connectivity index (χ4n) is 1.47. The highest BCUT2D eigenvalue weighted by Gasteiger charge is 2.16. The van der Waals surface area contributed by atoms with E-state index >= 15 is 0 Å². The Hall–Kier alpha value is -2.83. The second-order valence-corrected chi connectivity index (χ2v) is 3.84. The van der Waals surface area contributed by atoms with Crippen LogP contribution in [0, 0.1) is 17.0 Å². The number of aryl methyl sites for hydroxylation is 1. The predicted octanol–water partition coefficient (Wildman–Crippen LogP) is 1.95. The third kappa shape index (κ3) is 3.09. The Morgan fingerprint density at radius 3 is 2.84 bits per heavy atom. The van der Waals surface area contributed by atoms with E-state index < -0.39 is 10.8 Å². The highest BCUT2D eigenvalue weighted by Crippen LogP contribution is 2.11. The Balaban J connectivity index is 2.20. The van der Waals surface area contributed by atoms with E-state index in [0.29, 0.717) is 5.69 Å². The van der Waals surface area contributed by atoms with Crippen molar-refractivity contribution >= 4 is 17.4 Å². The van der Waals surface area contributed by atoms with E-state index in [4.69, 9.17) is 0 Å². The first-order valence-electron chi connectivity index (χ1n) is 5.41. The molecule has 0 saturated heterocycles. The third-order valence-corrected chi connectivity index (χ3v) is 2.29. The molecule has 19 heavy (non-hydrogen) atoms. The maximum Gasteiger partial charge on any atom is 0.364 e. The number of carbonyl (C=O) groups is 1. The number of amides is 1. The number of pyridine rings is 2. The Bertz CT molecular complexity index is 642. The first kappa shape index (κ1) is 12.6. The minimum atomic E-state index is -0.648. The lowest BCUT2D eigenvalue weighted by molar-refractivity contribution is -0.389. The minimum absolute atomic E-state index is 0.0179. The molecule has 0 aromatic carbocycles. The van der Waals surface area contributed by atoms with Gasteiger partial charge < -0.3 is 15.4 Å². The molecule has 7 heteroatoms. The SMILES string of the molecule is Cc1cncc(NC(=O)c2cccc([N+](=O)[O-])n2)c1. The molecule has 2 heterocycles. The van der Waals surface area contributed by atoms with Gasteiger partial charge in [-0.1, -0.05) is 0 Å². The van der Waals surface area contributed by atoms with Crippen molar-refractivity contribution in [3.05, 3.63) is 58.0 Å². The van der Waals surface area contributed by atoms with Crippen molar-refractivity contribution in [1.82, 2.24) is 9.97 Å². The summed E-state index contributed by atoms with van der Waals surface area (Å²) in [7, 11) is 0. The minimum Gasteiger partial charge on any atom is -0.358 e. The summed E-state index contributed by atoms with van der Waals surface area (Å²) in [6, 6.07) is 5.79. The van der Waals surface area contributed by atoms with Gasteiger partial charge in [0.1, 0.15) is 0 Å². The Morgan fingerprint density at radius 2 is 2.16 bits per heavy atom. The zero-order chi connectivity index (χ0) is 13.8. The Kier molecular flexibility index (Phi) is 3.46. The molecule has 0 fully saturated rings. The quantitative estimate of drug-likeness (QED) is 0.670. The van der Waals surface area contributed by atoms with Crippen LogP contribution < -0.4 is 5.32 Å². The largest absolute Gasteiger partial charge is 0.364 e. The molecule has 0 bridgehead atoms. The lowest BCUT2D eigenvalue weighted by atomic mass is 10.3. The number of nitro groups is 1. The average molecular weight is 258 g/mol. The zero-order valence-corrected chi connectivity index (χ0v) is 10.0. The molecule has 2 aromatic rings. The van der Waals surface area contributed by atoms with E-state index in [-0.39, 0.29) is 11.5 Å². The molecule has 0 unspecified atom stereocenters. The molecule has 0 aliphatic carbocycles. The van der Waals surface area contributed by atoms with Crippen LogP contribution in [0.3, 0.4) is 0 Å². The van der Waals surface area contributed by atoms with Crippen LogP contribution in [0.1, 0.15) is 16.1 Å². The predicted molar refractivity (Wildman–Crippen MR) is 67.8 cm³/mol. The molecule has 1 amide bonds. The molecule has 2 rings (SSSR count). The van der Waals surface area contributed by atoms with Crippen LogP contribution in [0.15, 0.2) is 36.7 Å². The lowest BCUT2D eigenvalue weighted by Gasteiger charge is -2.02. The van der Waals surface area contributed by atoms with E-state index in [2.05, 4.69) is 15.3 Å². The number of aromatic nitrogens is 2. The topological polar surface area (TPSA) is 98.0 Å². The maximum absolute atomic E-state index is 11.9. The van der Waals surface area contributed by atoms with Crippen molar-refractivity contribution in [2.45, 2.75) is 6.92 Å². The van der Waals surface area contributed by atoms with Crippen LogP contribution >= 0.6 is 0 Å². The van der Waals surface area contributed by atoms with Crippen molar-refractivity contribution in [1.29, 1.82) is 0 Å². The number of nitrogens with one attached hydrogen (secondary N) is 1. The standard InChI is InChI=1S/C12H10N4O3/c1-8-5-9(7-13-6-8)14-12(17)10-3-2-4-11(15-10)16(18)19/h2-7H,1H3,(H,14,17). The summed E-state index contributed by atoms with van der Waals surface area (Å²) < 4.78 is 0. The normalized spacial score (nSPS) is 9.95. The van der Waals surface area contributed by atoms with E-state index in [9.17, 15) is 14.9 Å². The summed E-state index contributed by atoms with van der Waals surface area (Å²) in [5.41, 5.74) is 1.39. The fourth-order valence-corrected chi connectivity index (χ4v) is 1.47. The van der Waals surface area contributed by atoms with Crippen molar-refractivity contribution in [2.75, 3.05) is 5.32 Å². The Labute approximate surface area is 108 Å². The van der Waals surface area contributed by atoms with Gasteiger partial charge in [0.25, 0.3) is 5.91 Å². The number of rotatable bonds is 3. The van der Waals surface area contributed by atoms with Gasteiger partial charge in [-0.15, -0.1) is 0 Å². The van der Waals surface area contributed by atoms with Crippen LogP contribution in [0.2, 0.25) is 0 Å². The molecule has 0 spiro atoms. The van der Waals surface area contributed by atoms with Gasteiger partial charge in [0, 0.05) is 12.3 Å². The molecule has 0 atom stereocenters. The summed E-state index contributed by atoms with van der Waals surface area (Å²) in [4.78, 5) is 29.4. The molecule has 7 nitrogen and oxygen atoms in total. The van der Waals surface area contributed by atoms with Gasteiger partial charge in [0.15, 0.2) is 0 Å². The number of nitrogens with zero attached hydrogens (tertiary/aromatic N) is 3. The molecular weight excluding hydrogens is 248 g/mol. The van der Waals surface area contributed by atoms with Gasteiger partial charge in [-0.05, 0) is 40.6 Å². The Morgan fingerprint density at radius 1 is 1.37 bits per heavy atom. The van der Waals surface area contributed by atoms with Crippen LogP contribution in [-0.2, 0) is 0 Å². The van der Waals surface area contributed by atoms with Crippen molar-refractivity contribution in [3.8, 4) is 0 Å². The van der Waals surface area contributed by atoms with Crippen LogP contribution in [0.5, 0.6) is 0 Å². The second kappa shape index (κ2) is 5.21. The second-order valence-electron chi connectivity index (χ2n) is 3.84. The van der Waals surface area contributed by atoms with Crippen molar-refractivity contribution < 1.29 is 9.72 Å². The van der Waals surface area contributed by atoms with Gasteiger partial charge >= 0.3 is 5.82 Å². The van der Waals surface area contributed by atoms with Gasteiger partial charge in [-0.3, -0.25) is 9.78 Å². The first-order valence-corrected chi connectivity index (χ1v) is 5.41. The molecule has 0 radical (unpaired) electrons. The zero-order valence-electron chi connectivity index (χ0n) is 10.0. The molecule has 2 aromatic heterocycles. The monoisotopic (exact) mass is 258 g/mol. The van der Waals surface area contributed by atoms with Gasteiger partial charge in [-0.25, -0.2) is 0 Å². The number of hydrogen-bond donors (Lipinski definition) is 1. The van der Waals surface area contributed by atoms with Crippen molar-refractivity contribution in [2.24, 2.45) is 0 Å². The number of anilines is 1. The van der Waals surface area contributed by atoms with E-state index in [1.165, 1.54) is 24.4 Å². The smallest absolute Gasteiger partial charge is 0.358 e. The fraction of sp³-hybridized carbons (Fsp3) is 0.0833. The van der Waals surface area contributed by atoms with Crippen LogP contribution in [0.25, 0.3) is 0 Å². The summed E-state index contributed by atoms with van der Waals surface area (Å²) in [6.07, 6.45) is 3.14. The van der Waals surface area contributed by atoms with E-state index in [0.717, 1.165) is 5.56 Å². The van der Waals surface area contributed by atoms with E-state index in [1.807, 2.05) is 6.92 Å². The maximum atomic E-state index is 11.9. The molecule has 0 saturated carbocycles. The summed E-state index contributed by atoms with van der Waals surface area (Å²) in [6.45, 7) is 1.84. The third-order valence-electron chi connectivity index (χ3n) is 2.29. The van der Waals surface area contributed by atoms with E-state index in [1.54, 1.807) is 12.3 Å². The number of hydrogen-bond acceptors (Lipinski definition) is 5. The van der Waals surface area contributed by atoms with Crippen LogP contribution in [0.4, 0.5) is 11.5 Å². The highest BCUT2D eigenvalue weighted by molar-refractivity contribution is 6.02. The van der Waals surface area contributed by atoms with Gasteiger partial charge in [-0.2, -0.15) is 0 Å². The molecule has 96 valence electrons. The number of carbonyl (C=O) groups excluding carboxylic acids is 1. The molecule has 0 aliphatic heterocycles. The lowest BCUT2D eigenvalue weighted by Crippen LogP contribution is -2.14. The molecule has 0 aliphatic rings. The average Bonchev–Trinajstić information content (AvgIpc) is 2.39. The summed E-state index contributed by atoms with van der Waals surface area (Å²) in [5, 5.41) is 13.2. The summed E-state index contributed by atoms with van der Waals surface area (Å²) >= 11 is 0.